The van der Waals surface area contributed by atoms with E-state index in [1.165, 1.54) is 0 Å². The lowest BCUT2D eigenvalue weighted by Crippen LogP contribution is -2.30. The molecule has 0 heterocycles. The first kappa shape index (κ1) is 22.8. The Balaban J connectivity index is 2.42. The number of hydrogen-bond donors (Lipinski definition) is 4. The average molecular weight is 404 g/mol. The van der Waals surface area contributed by atoms with Crippen LogP contribution in [-0.4, -0.2) is 41.9 Å². The van der Waals surface area contributed by atoms with Crippen molar-refractivity contribution in [1.29, 1.82) is 0 Å². The molecule has 6 nitrogen and oxygen atoms in total. The summed E-state index contributed by atoms with van der Waals surface area (Å²) in [7, 11) is 0. The highest BCUT2D eigenvalue weighted by Crippen LogP contribution is 2.30. The van der Waals surface area contributed by atoms with Gasteiger partial charge >= 0.3 is 11.9 Å². The number of carboxylic acid groups (broad SMARTS) is 2. The molecule has 2 aromatic rings. The van der Waals surface area contributed by atoms with Crippen molar-refractivity contribution in [2.45, 2.75) is 44.7 Å². The maximum Gasteiger partial charge on any atom is 0.325 e. The van der Waals surface area contributed by atoms with Crippen molar-refractivity contribution in [2.24, 2.45) is 0 Å². The van der Waals surface area contributed by atoms with Crippen LogP contribution in [0.25, 0.3) is 10.8 Å². The molecule has 4 N–H and O–H groups in total. The largest absolute Gasteiger partial charge is 0.480 e. The van der Waals surface area contributed by atoms with Crippen molar-refractivity contribution < 1.29 is 24.2 Å². The zero-order valence-corrected chi connectivity index (χ0v) is 16.7. The molecule has 0 aromatic heterocycles. The number of hydrogen-bond acceptors (Lipinski definition) is 4. The summed E-state index contributed by atoms with van der Waals surface area (Å²) < 4.78 is 12.3. The molecule has 2 atom stereocenters. The van der Waals surface area contributed by atoms with Gasteiger partial charge in [-0.1, -0.05) is 49.7 Å². The van der Waals surface area contributed by atoms with Crippen molar-refractivity contribution in [1.82, 2.24) is 10.6 Å². The van der Waals surface area contributed by atoms with Gasteiger partial charge in [-0.3, -0.25) is 14.0 Å². The minimum absolute atomic E-state index is 0.378. The Morgan fingerprint density at radius 1 is 0.862 bits per heavy atom. The number of fused-ring (bicyclic) bond motifs is 1. The van der Waals surface area contributed by atoms with Gasteiger partial charge in [-0.2, -0.15) is 0 Å². The zero-order chi connectivity index (χ0) is 21.2. The van der Waals surface area contributed by atoms with E-state index in [0.29, 0.717) is 47.8 Å². The van der Waals surface area contributed by atoms with Gasteiger partial charge in [0.2, 0.25) is 0 Å². The summed E-state index contributed by atoms with van der Waals surface area (Å²) in [5.41, 5.74) is 1.17. The van der Waals surface area contributed by atoms with E-state index in [0.717, 1.165) is 12.8 Å². The number of alkyl halides is 1. The maximum atomic E-state index is 12.3. The molecule has 0 saturated heterocycles. The van der Waals surface area contributed by atoms with Crippen LogP contribution in [0.2, 0.25) is 0 Å². The Morgan fingerprint density at radius 3 is 1.76 bits per heavy atom. The molecule has 0 aliphatic carbocycles. The van der Waals surface area contributed by atoms with E-state index in [1.54, 1.807) is 30.3 Å². The van der Waals surface area contributed by atoms with Gasteiger partial charge < -0.3 is 20.8 Å². The molecular formula is C22H29FN2O4. The van der Waals surface area contributed by atoms with Crippen LogP contribution in [0.3, 0.4) is 0 Å². The highest BCUT2D eigenvalue weighted by atomic mass is 19.1. The predicted molar refractivity (Wildman–Crippen MR) is 111 cm³/mol. The summed E-state index contributed by atoms with van der Waals surface area (Å²) >= 11 is 0. The van der Waals surface area contributed by atoms with Crippen LogP contribution in [0.5, 0.6) is 0 Å². The van der Waals surface area contributed by atoms with E-state index in [4.69, 9.17) is 0 Å². The van der Waals surface area contributed by atoms with E-state index < -0.39 is 30.7 Å². The number of carboxylic acids is 2. The lowest BCUT2D eigenvalue weighted by molar-refractivity contribution is -0.140. The minimum Gasteiger partial charge on any atom is -0.480 e. The molecule has 0 aliphatic rings. The number of benzene rings is 2. The van der Waals surface area contributed by atoms with Gasteiger partial charge in [0.25, 0.3) is 0 Å². The van der Waals surface area contributed by atoms with E-state index >= 15 is 0 Å². The van der Waals surface area contributed by atoms with Crippen LogP contribution in [0, 0.1) is 0 Å². The van der Waals surface area contributed by atoms with Gasteiger partial charge in [0, 0.05) is 0 Å². The third-order valence-electron chi connectivity index (χ3n) is 4.89. The van der Waals surface area contributed by atoms with Crippen molar-refractivity contribution >= 4 is 22.7 Å². The van der Waals surface area contributed by atoms with Gasteiger partial charge in [0.15, 0.2) is 0 Å². The number of aliphatic carboxylic acids is 2. The molecular weight excluding hydrogens is 375 g/mol. The molecule has 0 aliphatic heterocycles. The van der Waals surface area contributed by atoms with Gasteiger partial charge in [-0.25, -0.2) is 0 Å². The van der Waals surface area contributed by atoms with E-state index in [-0.39, 0.29) is 0 Å². The summed E-state index contributed by atoms with van der Waals surface area (Å²) in [6.07, 6.45) is 2.73. The molecule has 29 heavy (non-hydrogen) atoms. The zero-order valence-electron chi connectivity index (χ0n) is 16.7. The Kier molecular flexibility index (Phi) is 9.02. The maximum absolute atomic E-state index is 12.3. The number of carbonyl (C=O) groups is 2. The molecule has 2 rings (SSSR count). The van der Waals surface area contributed by atoms with Crippen molar-refractivity contribution in [3.8, 4) is 0 Å². The Bertz CT molecular complexity index is 828. The van der Waals surface area contributed by atoms with Crippen molar-refractivity contribution in [3.05, 3.63) is 47.5 Å². The Labute approximate surface area is 170 Å². The third-order valence-corrected chi connectivity index (χ3v) is 4.89. The van der Waals surface area contributed by atoms with Crippen LogP contribution < -0.4 is 10.6 Å². The monoisotopic (exact) mass is 404 g/mol. The van der Waals surface area contributed by atoms with E-state index in [9.17, 15) is 24.2 Å². The number of rotatable bonds is 13. The smallest absolute Gasteiger partial charge is 0.325 e. The fourth-order valence-electron chi connectivity index (χ4n) is 3.41. The van der Waals surface area contributed by atoms with Gasteiger partial charge in [0.1, 0.15) is 12.1 Å². The molecule has 2 unspecified atom stereocenters. The molecule has 158 valence electrons. The van der Waals surface area contributed by atoms with Crippen molar-refractivity contribution in [2.75, 3.05) is 19.8 Å². The van der Waals surface area contributed by atoms with Crippen LogP contribution in [-0.2, 0) is 9.59 Å². The third kappa shape index (κ3) is 5.98. The first-order chi connectivity index (χ1) is 14.0. The summed E-state index contributed by atoms with van der Waals surface area (Å²) in [4.78, 5) is 23.7. The SMILES string of the molecule is CCCCNC(C(=O)O)c1cccc2c(C(NCCCCF)C(=O)O)cccc12. The summed E-state index contributed by atoms with van der Waals surface area (Å²) in [5.74, 6) is -2.00. The van der Waals surface area contributed by atoms with Crippen LogP contribution in [0.1, 0.15) is 55.8 Å². The molecule has 0 spiro atoms. The molecule has 0 amide bonds. The number of unbranched alkanes of at least 4 members (excludes halogenated alkanes) is 2. The predicted octanol–water partition coefficient (Wildman–Crippen LogP) is 3.82. The van der Waals surface area contributed by atoms with Gasteiger partial charge in [-0.05, 0) is 54.3 Å². The summed E-state index contributed by atoms with van der Waals surface area (Å²) in [6, 6.07) is 8.77. The van der Waals surface area contributed by atoms with Gasteiger partial charge in [-0.15, -0.1) is 0 Å². The summed E-state index contributed by atoms with van der Waals surface area (Å²) in [5, 5.41) is 26.9. The topological polar surface area (TPSA) is 98.7 Å². The van der Waals surface area contributed by atoms with Crippen LogP contribution in [0.15, 0.2) is 36.4 Å². The van der Waals surface area contributed by atoms with Crippen molar-refractivity contribution in [3.63, 3.8) is 0 Å². The lowest BCUT2D eigenvalue weighted by Gasteiger charge is -2.20. The second kappa shape index (κ2) is 11.5. The fourth-order valence-corrected chi connectivity index (χ4v) is 3.41. The number of nitrogens with one attached hydrogen (secondary N) is 2. The first-order valence-corrected chi connectivity index (χ1v) is 10.0. The quantitative estimate of drug-likeness (QED) is 0.379. The summed E-state index contributed by atoms with van der Waals surface area (Å²) in [6.45, 7) is 2.57. The highest BCUT2D eigenvalue weighted by molar-refractivity contribution is 5.95. The van der Waals surface area contributed by atoms with Crippen LogP contribution >= 0.6 is 0 Å². The molecule has 7 heteroatoms. The second-order valence-electron chi connectivity index (χ2n) is 6.99. The Hall–Kier alpha value is -2.51. The Morgan fingerprint density at radius 2 is 1.34 bits per heavy atom. The molecule has 0 bridgehead atoms. The first-order valence-electron chi connectivity index (χ1n) is 10.0. The highest BCUT2D eigenvalue weighted by Gasteiger charge is 2.25. The standard InChI is InChI=1S/C22H29FN2O4/c1-2-3-13-24-19(21(26)27)17-10-6-9-16-15(17)8-7-11-18(16)20(22(28)29)25-14-5-4-12-23/h6-11,19-20,24-25H,2-5,12-14H2,1H3,(H,26,27)(H,28,29). The second-order valence-corrected chi connectivity index (χ2v) is 6.99. The molecule has 2 aromatic carbocycles. The number of halogens is 1. The molecule has 0 fully saturated rings. The van der Waals surface area contributed by atoms with Crippen LogP contribution in [0.4, 0.5) is 4.39 Å². The average Bonchev–Trinajstić information content (AvgIpc) is 2.70. The fraction of sp³-hybridized carbons (Fsp3) is 0.455. The molecule has 0 saturated carbocycles. The normalized spacial score (nSPS) is 13.3. The van der Waals surface area contributed by atoms with E-state index in [2.05, 4.69) is 10.6 Å². The van der Waals surface area contributed by atoms with Gasteiger partial charge in [0.05, 0.1) is 6.67 Å². The minimum atomic E-state index is -1.03. The lowest BCUT2D eigenvalue weighted by atomic mass is 9.93. The van der Waals surface area contributed by atoms with E-state index in [1.807, 2.05) is 13.0 Å². The molecule has 0 radical (unpaired) electrons.